The number of allylic oxidation sites excluding steroid dienone is 3. The number of nitrogens with zero attached hydrogens (tertiary/aromatic N) is 2. The lowest BCUT2D eigenvalue weighted by molar-refractivity contribution is -0.417. The molecule has 1 fully saturated rings. The molecule has 2 aliphatic carbocycles. The number of hydrogen-bond donors (Lipinski definition) is 2. The van der Waals surface area contributed by atoms with Crippen LogP contribution in [-0.2, 0) is 20.8 Å². The summed E-state index contributed by atoms with van der Waals surface area (Å²) in [7, 11) is 0. The van der Waals surface area contributed by atoms with Crippen LogP contribution in [0.4, 0.5) is 10.5 Å². The van der Waals surface area contributed by atoms with Crippen molar-refractivity contribution in [3.63, 3.8) is 0 Å². The summed E-state index contributed by atoms with van der Waals surface area (Å²) in [6.07, 6.45) is 12.5. The van der Waals surface area contributed by atoms with Gasteiger partial charge in [0.15, 0.2) is 6.54 Å². The molecular weight excluding hydrogens is 444 g/mol. The average Bonchev–Trinajstić information content (AvgIpc) is 2.83. The Bertz CT molecular complexity index is 1090. The van der Waals surface area contributed by atoms with E-state index >= 15 is 0 Å². The van der Waals surface area contributed by atoms with Crippen LogP contribution in [0.3, 0.4) is 0 Å². The Balaban J connectivity index is 1.54. The Kier molecular flexibility index (Phi) is 7.58. The summed E-state index contributed by atoms with van der Waals surface area (Å²) in [4.78, 5) is 52.9. The zero-order valence-electron chi connectivity index (χ0n) is 20.3. The highest BCUT2D eigenvalue weighted by Gasteiger charge is 2.48. The van der Waals surface area contributed by atoms with E-state index in [0.717, 1.165) is 36.1 Å². The number of fused-ring (bicyclic) bond motifs is 1. The molecule has 35 heavy (non-hydrogen) atoms. The highest BCUT2D eigenvalue weighted by molar-refractivity contribution is 6.26. The average molecular weight is 478 g/mol. The lowest BCUT2D eigenvalue weighted by Gasteiger charge is -2.27. The molecule has 8 heteroatoms. The number of anilines is 1. The first kappa shape index (κ1) is 24.6. The standard InChI is InChI=1S/C27H32N4O4/c1-18(2)28-24(32)16-19-12-14-21(15-13-19)31-26(34)22-10-6-7-11-23(22)30(27(31)35)17-25(33)29-20-8-4-3-5-9-20/h6-7,10-15,18,20,22H,3-5,8-9,16-17H2,1-2H3,(H-,28,29,32,33)/p+1. The fourth-order valence-corrected chi connectivity index (χ4v) is 4.84. The van der Waals surface area contributed by atoms with E-state index in [9.17, 15) is 19.2 Å². The first-order valence-corrected chi connectivity index (χ1v) is 12.4. The number of urea groups is 1. The van der Waals surface area contributed by atoms with Gasteiger partial charge in [-0.2, -0.15) is 9.37 Å². The Labute approximate surface area is 205 Å². The van der Waals surface area contributed by atoms with Crippen molar-refractivity contribution in [1.29, 1.82) is 0 Å². The molecule has 1 saturated carbocycles. The predicted molar refractivity (Wildman–Crippen MR) is 133 cm³/mol. The molecule has 4 rings (SSSR count). The third-order valence-corrected chi connectivity index (χ3v) is 6.50. The second kappa shape index (κ2) is 10.8. The summed E-state index contributed by atoms with van der Waals surface area (Å²) in [5, 5.41) is 5.91. The maximum Gasteiger partial charge on any atom is 0.506 e. The molecule has 0 saturated heterocycles. The van der Waals surface area contributed by atoms with E-state index in [1.165, 1.54) is 11.0 Å². The number of carbonyl (C=O) groups excluding carboxylic acids is 4. The van der Waals surface area contributed by atoms with Crippen LogP contribution >= 0.6 is 0 Å². The van der Waals surface area contributed by atoms with E-state index in [1.807, 2.05) is 13.8 Å². The van der Waals surface area contributed by atoms with E-state index < -0.39 is 11.9 Å². The molecule has 2 N–H and O–H groups in total. The van der Waals surface area contributed by atoms with Crippen molar-refractivity contribution in [3.05, 3.63) is 54.1 Å². The van der Waals surface area contributed by atoms with E-state index in [-0.39, 0.29) is 42.8 Å². The molecule has 1 aliphatic heterocycles. The molecule has 0 spiro atoms. The SMILES string of the molecule is CC(C)NC(=O)Cc1ccc(N2C(=O)C3C=CC=CC3=[N+](CC(=O)NC3CCCCC3)C2=O)cc1. The van der Waals surface area contributed by atoms with Gasteiger partial charge < -0.3 is 10.6 Å². The van der Waals surface area contributed by atoms with Gasteiger partial charge in [0.1, 0.15) is 17.3 Å². The van der Waals surface area contributed by atoms with Crippen molar-refractivity contribution in [2.24, 2.45) is 5.92 Å². The number of benzene rings is 1. The normalized spacial score (nSPS) is 20.3. The van der Waals surface area contributed by atoms with Crippen molar-refractivity contribution in [2.75, 3.05) is 11.4 Å². The van der Waals surface area contributed by atoms with Gasteiger partial charge in [-0.25, -0.2) is 4.79 Å². The zero-order valence-corrected chi connectivity index (χ0v) is 20.3. The number of carbonyl (C=O) groups is 4. The molecule has 0 aromatic heterocycles. The maximum absolute atomic E-state index is 13.5. The van der Waals surface area contributed by atoms with Gasteiger partial charge in [0.2, 0.25) is 5.91 Å². The lowest BCUT2D eigenvalue weighted by atomic mass is 9.94. The van der Waals surface area contributed by atoms with Crippen molar-refractivity contribution in [3.8, 4) is 0 Å². The molecule has 0 radical (unpaired) electrons. The molecular formula is C27H33N4O4+. The van der Waals surface area contributed by atoms with Crippen LogP contribution in [0.2, 0.25) is 0 Å². The quantitative estimate of drug-likeness (QED) is 0.590. The second-order valence-corrected chi connectivity index (χ2v) is 9.66. The van der Waals surface area contributed by atoms with Gasteiger partial charge >= 0.3 is 11.9 Å². The van der Waals surface area contributed by atoms with Gasteiger partial charge in [-0.05, 0) is 50.5 Å². The first-order chi connectivity index (χ1) is 16.8. The Hall–Kier alpha value is -3.55. The Morgan fingerprint density at radius 2 is 1.74 bits per heavy atom. The zero-order chi connectivity index (χ0) is 24.9. The van der Waals surface area contributed by atoms with Crippen LogP contribution in [0.15, 0.2) is 48.6 Å². The lowest BCUT2D eigenvalue weighted by Crippen LogP contribution is -2.56. The summed E-state index contributed by atoms with van der Waals surface area (Å²) in [6.45, 7) is 3.66. The number of nitrogens with one attached hydrogen (secondary N) is 2. The maximum atomic E-state index is 13.5. The molecule has 5 amide bonds. The summed E-state index contributed by atoms with van der Waals surface area (Å²) in [5.41, 5.74) is 1.70. The molecule has 184 valence electrons. The van der Waals surface area contributed by atoms with Crippen molar-refractivity contribution >= 4 is 35.2 Å². The fraction of sp³-hybridized carbons (Fsp3) is 0.444. The van der Waals surface area contributed by atoms with Crippen LogP contribution in [0.1, 0.15) is 51.5 Å². The fourth-order valence-electron chi connectivity index (χ4n) is 4.84. The summed E-state index contributed by atoms with van der Waals surface area (Å²) >= 11 is 0. The monoisotopic (exact) mass is 477 g/mol. The minimum atomic E-state index is -0.642. The molecule has 1 heterocycles. The van der Waals surface area contributed by atoms with Crippen LogP contribution in [-0.4, -0.2) is 52.7 Å². The van der Waals surface area contributed by atoms with Crippen molar-refractivity contribution in [2.45, 2.75) is 64.5 Å². The predicted octanol–water partition coefficient (Wildman–Crippen LogP) is 2.86. The Morgan fingerprint density at radius 1 is 1.03 bits per heavy atom. The minimum absolute atomic E-state index is 0.0507. The van der Waals surface area contributed by atoms with Gasteiger partial charge in [0.05, 0.1) is 6.42 Å². The van der Waals surface area contributed by atoms with Crippen LogP contribution in [0, 0.1) is 5.92 Å². The summed E-state index contributed by atoms with van der Waals surface area (Å²) < 4.78 is 1.40. The van der Waals surface area contributed by atoms with E-state index in [0.29, 0.717) is 11.4 Å². The van der Waals surface area contributed by atoms with Crippen LogP contribution < -0.4 is 15.5 Å². The molecule has 1 aromatic carbocycles. The highest BCUT2D eigenvalue weighted by atomic mass is 16.2. The molecule has 0 bridgehead atoms. The third-order valence-electron chi connectivity index (χ3n) is 6.50. The van der Waals surface area contributed by atoms with Gasteiger partial charge in [-0.1, -0.05) is 49.6 Å². The largest absolute Gasteiger partial charge is 0.506 e. The molecule has 8 nitrogen and oxygen atoms in total. The molecule has 1 atom stereocenters. The second-order valence-electron chi connectivity index (χ2n) is 9.66. The minimum Gasteiger partial charge on any atom is -0.354 e. The van der Waals surface area contributed by atoms with Gasteiger partial charge in [-0.3, -0.25) is 9.59 Å². The van der Waals surface area contributed by atoms with Crippen LogP contribution in [0.25, 0.3) is 0 Å². The topological polar surface area (TPSA) is 98.6 Å². The summed E-state index contributed by atoms with van der Waals surface area (Å²) in [6, 6.07) is 6.46. The molecule has 3 aliphatic rings. The van der Waals surface area contributed by atoms with E-state index in [2.05, 4.69) is 10.6 Å². The van der Waals surface area contributed by atoms with E-state index in [1.54, 1.807) is 48.6 Å². The van der Waals surface area contributed by atoms with Crippen molar-refractivity contribution in [1.82, 2.24) is 10.6 Å². The van der Waals surface area contributed by atoms with E-state index in [4.69, 9.17) is 0 Å². The number of amides is 5. The number of imide groups is 1. The van der Waals surface area contributed by atoms with Crippen LogP contribution in [0.5, 0.6) is 0 Å². The Morgan fingerprint density at radius 3 is 2.43 bits per heavy atom. The first-order valence-electron chi connectivity index (χ1n) is 12.4. The summed E-state index contributed by atoms with van der Waals surface area (Å²) in [5.74, 6) is -1.32. The third kappa shape index (κ3) is 5.75. The number of rotatable bonds is 7. The number of hydrogen-bond acceptors (Lipinski definition) is 4. The molecule has 1 aromatic rings. The van der Waals surface area contributed by atoms with Gasteiger partial charge in [0.25, 0.3) is 5.91 Å². The highest BCUT2D eigenvalue weighted by Crippen LogP contribution is 2.26. The van der Waals surface area contributed by atoms with Crippen molar-refractivity contribution < 1.29 is 23.8 Å². The molecule has 1 unspecified atom stereocenters. The smallest absolute Gasteiger partial charge is 0.354 e. The van der Waals surface area contributed by atoms with Gasteiger partial charge in [0, 0.05) is 12.1 Å². The van der Waals surface area contributed by atoms with Gasteiger partial charge in [-0.15, -0.1) is 4.90 Å².